The maximum atomic E-state index is 12.7. The normalized spacial score (nSPS) is 9.73. The van der Waals surface area contributed by atoms with Gasteiger partial charge in [-0.15, -0.1) is 0 Å². The zero-order valence-corrected chi connectivity index (χ0v) is 8.33. The van der Waals surface area contributed by atoms with E-state index in [4.69, 9.17) is 5.11 Å². The molecule has 4 nitrogen and oxygen atoms in total. The fourth-order valence-corrected chi connectivity index (χ4v) is 0.978. The Hall–Kier alpha value is -1.56. The molecule has 0 saturated heterocycles. The highest BCUT2D eigenvalue weighted by Crippen LogP contribution is 2.19. The van der Waals surface area contributed by atoms with Gasteiger partial charge < -0.3 is 9.84 Å². The minimum absolute atomic E-state index is 0.184. The highest BCUT2D eigenvalue weighted by Gasteiger charge is 2.14. The monoisotopic (exact) mass is 230 g/mol. The Morgan fingerprint density at radius 2 is 2.13 bits per heavy atom. The van der Waals surface area contributed by atoms with Crippen molar-refractivity contribution in [2.24, 2.45) is 0 Å². The van der Waals surface area contributed by atoms with Gasteiger partial charge in [-0.25, -0.2) is 9.18 Å². The Kier molecular flexibility index (Phi) is 3.68. The van der Waals surface area contributed by atoms with Crippen LogP contribution in [0.3, 0.4) is 0 Å². The molecule has 0 saturated carbocycles. The average Bonchev–Trinajstić information content (AvgIpc) is 2.20. The summed E-state index contributed by atoms with van der Waals surface area (Å²) in [5.41, 5.74) is -0.398. The summed E-state index contributed by atoms with van der Waals surface area (Å²) >= 11 is 3.66. The van der Waals surface area contributed by atoms with Crippen LogP contribution in [0.25, 0.3) is 0 Å². The Bertz CT molecular complexity index is 405. The quantitative estimate of drug-likeness (QED) is 0.467. The number of carbonyl (C=O) groups is 2. The summed E-state index contributed by atoms with van der Waals surface area (Å²) in [5.74, 6) is -3.15. The molecule has 80 valence electrons. The van der Waals surface area contributed by atoms with Gasteiger partial charge in [0.15, 0.2) is 0 Å². The summed E-state index contributed by atoms with van der Waals surface area (Å²) in [4.78, 5) is 21.5. The van der Waals surface area contributed by atoms with Gasteiger partial charge in [-0.3, -0.25) is 4.79 Å². The third-order valence-corrected chi connectivity index (χ3v) is 1.78. The van der Waals surface area contributed by atoms with E-state index in [9.17, 15) is 14.0 Å². The number of halogens is 1. The first kappa shape index (κ1) is 11.5. The molecule has 1 N–H and O–H groups in total. The van der Waals surface area contributed by atoms with Crippen LogP contribution in [0.15, 0.2) is 18.2 Å². The van der Waals surface area contributed by atoms with Gasteiger partial charge in [0.1, 0.15) is 17.1 Å². The fourth-order valence-electron chi connectivity index (χ4n) is 0.913. The van der Waals surface area contributed by atoms with Crippen LogP contribution < -0.4 is 4.74 Å². The standard InChI is InChI=1S/C9H7FO4S/c10-5-1-2-7(14-8(11)4-15)6(3-5)9(12)13/h1-3,15H,4H2,(H,12,13). The fraction of sp³-hybridized carbons (Fsp3) is 0.111. The molecule has 0 spiro atoms. The van der Waals surface area contributed by atoms with Gasteiger partial charge in [-0.1, -0.05) is 0 Å². The van der Waals surface area contributed by atoms with Gasteiger partial charge in [-0.05, 0) is 18.2 Å². The van der Waals surface area contributed by atoms with Crippen LogP contribution in [0, 0.1) is 5.82 Å². The summed E-state index contributed by atoms with van der Waals surface area (Å²) in [5, 5.41) is 8.70. The Labute approximate surface area is 90.1 Å². The number of thiol groups is 1. The molecule has 0 fully saturated rings. The smallest absolute Gasteiger partial charge is 0.339 e. The Morgan fingerprint density at radius 1 is 1.47 bits per heavy atom. The maximum absolute atomic E-state index is 12.7. The van der Waals surface area contributed by atoms with Crippen LogP contribution in [0.4, 0.5) is 4.39 Å². The van der Waals surface area contributed by atoms with Crippen LogP contribution in [-0.4, -0.2) is 22.8 Å². The molecule has 0 amide bonds. The molecule has 0 atom stereocenters. The number of carbonyl (C=O) groups excluding carboxylic acids is 1. The van der Waals surface area contributed by atoms with E-state index in [1.807, 2.05) is 0 Å². The summed E-state index contributed by atoms with van der Waals surface area (Å²) in [6.07, 6.45) is 0. The largest absolute Gasteiger partial charge is 0.478 e. The lowest BCUT2D eigenvalue weighted by molar-refractivity contribution is -0.131. The predicted octanol–water partition coefficient (Wildman–Crippen LogP) is 1.36. The molecule has 1 aromatic carbocycles. The summed E-state index contributed by atoms with van der Waals surface area (Å²) in [6.45, 7) is 0. The van der Waals surface area contributed by atoms with Gasteiger partial charge in [-0.2, -0.15) is 12.6 Å². The van der Waals surface area contributed by atoms with E-state index in [-0.39, 0.29) is 11.5 Å². The van der Waals surface area contributed by atoms with E-state index in [2.05, 4.69) is 17.4 Å². The summed E-state index contributed by atoms with van der Waals surface area (Å²) < 4.78 is 17.4. The second-order valence-corrected chi connectivity index (χ2v) is 2.89. The molecule has 0 unspecified atom stereocenters. The van der Waals surface area contributed by atoms with E-state index in [1.165, 1.54) is 0 Å². The van der Waals surface area contributed by atoms with E-state index in [0.29, 0.717) is 0 Å². The first-order chi connectivity index (χ1) is 7.04. The minimum Gasteiger partial charge on any atom is -0.478 e. The number of esters is 1. The SMILES string of the molecule is O=C(CS)Oc1ccc(F)cc1C(=O)O. The lowest BCUT2D eigenvalue weighted by Crippen LogP contribution is -2.12. The van der Waals surface area contributed by atoms with Crippen molar-refractivity contribution in [2.45, 2.75) is 0 Å². The molecule has 15 heavy (non-hydrogen) atoms. The average molecular weight is 230 g/mol. The Morgan fingerprint density at radius 3 is 2.67 bits per heavy atom. The molecular weight excluding hydrogens is 223 g/mol. The van der Waals surface area contributed by atoms with Crippen molar-refractivity contribution >= 4 is 24.6 Å². The number of benzene rings is 1. The molecule has 0 heterocycles. The number of hydrogen-bond donors (Lipinski definition) is 2. The lowest BCUT2D eigenvalue weighted by atomic mass is 10.2. The van der Waals surface area contributed by atoms with Crippen LogP contribution in [-0.2, 0) is 4.79 Å². The number of carboxylic acids is 1. The number of aromatic carboxylic acids is 1. The van der Waals surface area contributed by atoms with Crippen molar-refractivity contribution in [3.05, 3.63) is 29.6 Å². The van der Waals surface area contributed by atoms with Crippen molar-refractivity contribution < 1.29 is 23.8 Å². The van der Waals surface area contributed by atoms with Crippen molar-refractivity contribution in [1.29, 1.82) is 0 Å². The second-order valence-electron chi connectivity index (χ2n) is 2.58. The zero-order valence-electron chi connectivity index (χ0n) is 7.44. The number of ether oxygens (including phenoxy) is 1. The van der Waals surface area contributed by atoms with Crippen molar-refractivity contribution in [3.8, 4) is 5.75 Å². The molecule has 6 heteroatoms. The van der Waals surface area contributed by atoms with Crippen LogP contribution >= 0.6 is 12.6 Å². The molecular formula is C9H7FO4S. The number of carboxylic acid groups (broad SMARTS) is 1. The molecule has 0 aliphatic rings. The first-order valence-electron chi connectivity index (χ1n) is 3.89. The van der Waals surface area contributed by atoms with Crippen LogP contribution in [0.2, 0.25) is 0 Å². The molecule has 0 bridgehead atoms. The number of hydrogen-bond acceptors (Lipinski definition) is 4. The lowest BCUT2D eigenvalue weighted by Gasteiger charge is -2.05. The van der Waals surface area contributed by atoms with Crippen LogP contribution in [0.1, 0.15) is 10.4 Å². The first-order valence-corrected chi connectivity index (χ1v) is 4.52. The number of rotatable bonds is 3. The highest BCUT2D eigenvalue weighted by atomic mass is 32.1. The molecule has 0 aliphatic carbocycles. The van der Waals surface area contributed by atoms with Gasteiger partial charge in [0.2, 0.25) is 0 Å². The summed E-state index contributed by atoms with van der Waals surface area (Å²) in [6, 6.07) is 2.87. The Balaban J connectivity index is 3.06. The predicted molar refractivity (Wildman–Crippen MR) is 52.8 cm³/mol. The molecule has 1 rings (SSSR count). The van der Waals surface area contributed by atoms with Gasteiger partial charge >= 0.3 is 11.9 Å². The topological polar surface area (TPSA) is 63.6 Å². The van der Waals surface area contributed by atoms with Crippen LogP contribution in [0.5, 0.6) is 5.75 Å². The van der Waals surface area contributed by atoms with Gasteiger partial charge in [0.05, 0.1) is 5.75 Å². The van der Waals surface area contributed by atoms with Gasteiger partial charge in [0.25, 0.3) is 0 Å². The van der Waals surface area contributed by atoms with Crippen molar-refractivity contribution in [2.75, 3.05) is 5.75 Å². The summed E-state index contributed by atoms with van der Waals surface area (Å²) in [7, 11) is 0. The third-order valence-electron chi connectivity index (χ3n) is 1.52. The minimum atomic E-state index is -1.36. The van der Waals surface area contributed by atoms with E-state index < -0.39 is 23.3 Å². The molecule has 0 aliphatic heterocycles. The van der Waals surface area contributed by atoms with E-state index >= 15 is 0 Å². The van der Waals surface area contributed by atoms with Gasteiger partial charge in [0, 0.05) is 0 Å². The molecule has 0 radical (unpaired) electrons. The molecule has 0 aromatic heterocycles. The van der Waals surface area contributed by atoms with Crippen molar-refractivity contribution in [1.82, 2.24) is 0 Å². The maximum Gasteiger partial charge on any atom is 0.339 e. The van der Waals surface area contributed by atoms with E-state index in [1.54, 1.807) is 0 Å². The third kappa shape index (κ3) is 2.95. The molecule has 1 aromatic rings. The van der Waals surface area contributed by atoms with E-state index in [0.717, 1.165) is 18.2 Å². The highest BCUT2D eigenvalue weighted by molar-refractivity contribution is 7.81. The second kappa shape index (κ2) is 4.79. The van der Waals surface area contributed by atoms with Crippen molar-refractivity contribution in [3.63, 3.8) is 0 Å². The zero-order chi connectivity index (χ0) is 11.4.